The molecule has 0 spiro atoms. The van der Waals surface area contributed by atoms with Gasteiger partial charge in [-0.25, -0.2) is 0 Å². The quantitative estimate of drug-likeness (QED) is 0.817. The lowest BCUT2D eigenvalue weighted by Gasteiger charge is -2.32. The molecule has 6 heteroatoms. The van der Waals surface area contributed by atoms with Crippen LogP contribution in [0.5, 0.6) is 5.75 Å². The van der Waals surface area contributed by atoms with E-state index in [9.17, 15) is 4.79 Å². The van der Waals surface area contributed by atoms with Gasteiger partial charge in [0.15, 0.2) is 0 Å². The van der Waals surface area contributed by atoms with Crippen molar-refractivity contribution in [2.24, 2.45) is 0 Å². The average Bonchev–Trinajstić information content (AvgIpc) is 3.10. The van der Waals surface area contributed by atoms with Crippen LogP contribution in [0.4, 0.5) is 0 Å². The molecule has 0 bridgehead atoms. The number of nitriles is 1. The Morgan fingerprint density at radius 1 is 1.33 bits per heavy atom. The van der Waals surface area contributed by atoms with Gasteiger partial charge in [0, 0.05) is 31.1 Å². The predicted molar refractivity (Wildman–Crippen MR) is 95.2 cm³/mol. The number of ether oxygens (including phenoxy) is 1. The molecule has 1 aromatic carbocycles. The molecular formula is C18H23N3O2S. The van der Waals surface area contributed by atoms with Gasteiger partial charge in [0.05, 0.1) is 17.7 Å². The first kappa shape index (κ1) is 17.1. The summed E-state index contributed by atoms with van der Waals surface area (Å²) >= 11 is 1.92. The Morgan fingerprint density at radius 2 is 2.17 bits per heavy atom. The van der Waals surface area contributed by atoms with Gasteiger partial charge in [-0.15, -0.1) is 0 Å². The van der Waals surface area contributed by atoms with Crippen LogP contribution in [0.1, 0.15) is 18.4 Å². The van der Waals surface area contributed by atoms with Gasteiger partial charge in [-0.3, -0.25) is 9.69 Å². The van der Waals surface area contributed by atoms with E-state index >= 15 is 0 Å². The summed E-state index contributed by atoms with van der Waals surface area (Å²) in [6, 6.07) is 9.33. The minimum Gasteiger partial charge on any atom is -0.492 e. The highest BCUT2D eigenvalue weighted by Gasteiger charge is 2.33. The Kier molecular flexibility index (Phi) is 6.00. The number of hydrogen-bond acceptors (Lipinski definition) is 5. The second-order valence-electron chi connectivity index (χ2n) is 6.12. The lowest BCUT2D eigenvalue weighted by molar-refractivity contribution is -0.135. The van der Waals surface area contributed by atoms with Crippen molar-refractivity contribution in [3.05, 3.63) is 29.8 Å². The first-order chi connectivity index (χ1) is 11.8. The molecule has 2 heterocycles. The normalized spacial score (nSPS) is 21.5. The Balaban J connectivity index is 1.50. The molecule has 0 aliphatic carbocycles. The van der Waals surface area contributed by atoms with Crippen LogP contribution in [0.2, 0.25) is 0 Å². The molecule has 0 saturated carbocycles. The highest BCUT2D eigenvalue weighted by atomic mass is 32.2. The molecule has 0 radical (unpaired) electrons. The molecule has 5 nitrogen and oxygen atoms in total. The number of amides is 1. The van der Waals surface area contributed by atoms with E-state index in [0.717, 1.165) is 50.5 Å². The van der Waals surface area contributed by atoms with Crippen molar-refractivity contribution in [1.82, 2.24) is 9.80 Å². The lowest BCUT2D eigenvalue weighted by Crippen LogP contribution is -2.49. The van der Waals surface area contributed by atoms with E-state index in [1.165, 1.54) is 0 Å². The van der Waals surface area contributed by atoms with Crippen molar-refractivity contribution < 1.29 is 9.53 Å². The zero-order valence-electron chi connectivity index (χ0n) is 13.8. The van der Waals surface area contributed by atoms with Crippen LogP contribution < -0.4 is 4.74 Å². The van der Waals surface area contributed by atoms with Crippen LogP contribution in [-0.2, 0) is 4.79 Å². The van der Waals surface area contributed by atoms with Crippen LogP contribution in [0, 0.1) is 11.3 Å². The fraction of sp³-hybridized carbons (Fsp3) is 0.556. The standard InChI is InChI=1S/C18H23N3O2S/c19-14-15-3-1-4-16(13-15)23-10-7-20-6-2-5-17(20)18(22)21-8-11-24-12-9-21/h1,3-4,13,17H,2,5-12H2/t17-/m0/s1. The smallest absolute Gasteiger partial charge is 0.239 e. The SMILES string of the molecule is N#Cc1cccc(OCCN2CCC[C@H]2C(=O)N2CCSCC2)c1. The van der Waals surface area contributed by atoms with E-state index in [2.05, 4.69) is 11.0 Å². The number of rotatable bonds is 5. The lowest BCUT2D eigenvalue weighted by atomic mass is 10.2. The van der Waals surface area contributed by atoms with Gasteiger partial charge in [0.25, 0.3) is 0 Å². The molecule has 0 aromatic heterocycles. The minimum atomic E-state index is 0.0159. The second kappa shape index (κ2) is 8.41. The number of thioether (sulfide) groups is 1. The summed E-state index contributed by atoms with van der Waals surface area (Å²) in [7, 11) is 0. The first-order valence-electron chi connectivity index (χ1n) is 8.51. The summed E-state index contributed by atoms with van der Waals surface area (Å²) < 4.78 is 5.76. The molecule has 0 N–H and O–H groups in total. The molecular weight excluding hydrogens is 322 g/mol. The topological polar surface area (TPSA) is 56.6 Å². The molecule has 1 aromatic rings. The Morgan fingerprint density at radius 3 is 2.96 bits per heavy atom. The molecule has 3 rings (SSSR count). The molecule has 128 valence electrons. The summed E-state index contributed by atoms with van der Waals surface area (Å²) in [5, 5.41) is 8.92. The Bertz CT molecular complexity index is 611. The summed E-state index contributed by atoms with van der Waals surface area (Å²) in [5.74, 6) is 3.11. The third-order valence-electron chi connectivity index (χ3n) is 4.58. The molecule has 24 heavy (non-hydrogen) atoms. The molecule has 2 fully saturated rings. The molecule has 1 atom stereocenters. The van der Waals surface area contributed by atoms with Gasteiger partial charge in [0.1, 0.15) is 12.4 Å². The van der Waals surface area contributed by atoms with Crippen molar-refractivity contribution in [3.8, 4) is 11.8 Å². The summed E-state index contributed by atoms with van der Waals surface area (Å²) in [4.78, 5) is 17.0. The van der Waals surface area contributed by atoms with Crippen molar-refractivity contribution in [2.45, 2.75) is 18.9 Å². The third kappa shape index (κ3) is 4.22. The number of likely N-dealkylation sites (tertiary alicyclic amines) is 1. The molecule has 2 aliphatic heterocycles. The number of carbonyl (C=O) groups excluding carboxylic acids is 1. The maximum absolute atomic E-state index is 12.7. The molecule has 1 amide bonds. The highest BCUT2D eigenvalue weighted by Crippen LogP contribution is 2.21. The van der Waals surface area contributed by atoms with Gasteiger partial charge >= 0.3 is 0 Å². The number of hydrogen-bond donors (Lipinski definition) is 0. The highest BCUT2D eigenvalue weighted by molar-refractivity contribution is 7.99. The molecule has 0 unspecified atom stereocenters. The maximum Gasteiger partial charge on any atom is 0.239 e. The van der Waals surface area contributed by atoms with Crippen LogP contribution in [0.3, 0.4) is 0 Å². The summed E-state index contributed by atoms with van der Waals surface area (Å²) in [5.41, 5.74) is 0.602. The van der Waals surface area contributed by atoms with Gasteiger partial charge < -0.3 is 9.64 Å². The largest absolute Gasteiger partial charge is 0.492 e. The fourth-order valence-corrected chi connectivity index (χ4v) is 4.21. The zero-order chi connectivity index (χ0) is 16.8. The van der Waals surface area contributed by atoms with Gasteiger partial charge in [-0.2, -0.15) is 17.0 Å². The van der Waals surface area contributed by atoms with E-state index < -0.39 is 0 Å². The van der Waals surface area contributed by atoms with Crippen molar-refractivity contribution in [3.63, 3.8) is 0 Å². The van der Waals surface area contributed by atoms with Gasteiger partial charge in [-0.1, -0.05) is 6.07 Å². The average molecular weight is 345 g/mol. The number of benzene rings is 1. The van der Waals surface area contributed by atoms with Crippen LogP contribution in [0.15, 0.2) is 24.3 Å². The molecule has 2 aliphatic rings. The third-order valence-corrected chi connectivity index (χ3v) is 5.52. The minimum absolute atomic E-state index is 0.0159. The van der Waals surface area contributed by atoms with E-state index in [1.807, 2.05) is 28.8 Å². The fourth-order valence-electron chi connectivity index (χ4n) is 3.30. The molecule has 2 saturated heterocycles. The van der Waals surface area contributed by atoms with Gasteiger partial charge in [0.2, 0.25) is 5.91 Å². The Hall–Kier alpha value is -1.71. The van der Waals surface area contributed by atoms with E-state index in [0.29, 0.717) is 23.8 Å². The summed E-state index contributed by atoms with van der Waals surface area (Å²) in [6.45, 7) is 4.00. The summed E-state index contributed by atoms with van der Waals surface area (Å²) in [6.07, 6.45) is 2.02. The van der Waals surface area contributed by atoms with E-state index in [-0.39, 0.29) is 6.04 Å². The number of nitrogens with zero attached hydrogens (tertiary/aromatic N) is 3. The predicted octanol–water partition coefficient (Wildman–Crippen LogP) is 1.98. The van der Waals surface area contributed by atoms with Crippen molar-refractivity contribution >= 4 is 17.7 Å². The van der Waals surface area contributed by atoms with Crippen molar-refractivity contribution in [1.29, 1.82) is 5.26 Å². The van der Waals surface area contributed by atoms with Gasteiger partial charge in [-0.05, 0) is 37.6 Å². The van der Waals surface area contributed by atoms with Crippen LogP contribution in [-0.4, -0.2) is 66.0 Å². The van der Waals surface area contributed by atoms with Crippen LogP contribution in [0.25, 0.3) is 0 Å². The first-order valence-corrected chi connectivity index (χ1v) is 9.67. The van der Waals surface area contributed by atoms with E-state index in [1.54, 1.807) is 12.1 Å². The zero-order valence-corrected chi connectivity index (χ0v) is 14.6. The van der Waals surface area contributed by atoms with Crippen LogP contribution >= 0.6 is 11.8 Å². The van der Waals surface area contributed by atoms with E-state index in [4.69, 9.17) is 10.00 Å². The monoisotopic (exact) mass is 345 g/mol. The maximum atomic E-state index is 12.7. The van der Waals surface area contributed by atoms with Crippen molar-refractivity contribution in [2.75, 3.05) is 44.3 Å². The second-order valence-corrected chi connectivity index (χ2v) is 7.34. The number of carbonyl (C=O) groups is 1. The Labute approximate surface area is 147 Å².